The molecule has 1 aliphatic carbocycles. The van der Waals surface area contributed by atoms with Crippen LogP contribution in [-0.4, -0.2) is 9.97 Å². The average molecular weight is 191 g/mol. The number of hydrogen-bond acceptors (Lipinski definition) is 1. The number of nitrogens with zero attached hydrogens (tertiary/aromatic N) is 1. The van der Waals surface area contributed by atoms with Gasteiger partial charge in [0.15, 0.2) is 0 Å². The number of aromatic nitrogens is 2. The van der Waals surface area contributed by atoms with Gasteiger partial charge in [0.25, 0.3) is 0 Å². The molecule has 2 nitrogen and oxygen atoms in total. The summed E-state index contributed by atoms with van der Waals surface area (Å²) in [5.41, 5.74) is 1.13. The summed E-state index contributed by atoms with van der Waals surface area (Å²) in [5, 5.41) is 0. The summed E-state index contributed by atoms with van der Waals surface area (Å²) in [7, 11) is 0. The van der Waals surface area contributed by atoms with Gasteiger partial charge in [-0.1, -0.05) is 6.08 Å². The second-order valence-electron chi connectivity index (χ2n) is 3.36. The Bertz CT molecular complexity index is 338. The van der Waals surface area contributed by atoms with Gasteiger partial charge in [0.05, 0.1) is 6.33 Å². The molecule has 1 N–H and O–H groups in total. The summed E-state index contributed by atoms with van der Waals surface area (Å²) in [6.07, 6.45) is 11.1. The first-order valence-electron chi connectivity index (χ1n) is 4.70. The van der Waals surface area contributed by atoms with Gasteiger partial charge in [-0.25, -0.2) is 9.37 Å². The van der Waals surface area contributed by atoms with Crippen LogP contribution in [0.5, 0.6) is 0 Å². The summed E-state index contributed by atoms with van der Waals surface area (Å²) in [4.78, 5) is 6.99. The number of nitrogens with one attached hydrogen (secondary N) is 1. The van der Waals surface area contributed by atoms with E-state index in [1.165, 1.54) is 12.0 Å². The van der Waals surface area contributed by atoms with Gasteiger partial charge >= 0.3 is 0 Å². The van der Waals surface area contributed by atoms with Gasteiger partial charge in [0, 0.05) is 17.8 Å². The highest BCUT2D eigenvalue weighted by atomic mass is 19.1. The smallest absolute Gasteiger partial charge is 0.118 e. The van der Waals surface area contributed by atoms with E-state index >= 15 is 0 Å². The van der Waals surface area contributed by atoms with Crippen LogP contribution in [0.3, 0.4) is 0 Å². The van der Waals surface area contributed by atoms with Crippen LogP contribution < -0.4 is 0 Å². The van der Waals surface area contributed by atoms with Gasteiger partial charge in [-0.2, -0.15) is 0 Å². The molecule has 0 saturated heterocycles. The normalized spacial score (nSPS) is 17.1. The molecule has 0 atom stereocenters. The Labute approximate surface area is 82.6 Å². The number of aryl methyl sites for hydroxylation is 1. The highest BCUT2D eigenvalue weighted by Gasteiger charge is 2.09. The van der Waals surface area contributed by atoms with Crippen molar-refractivity contribution < 1.29 is 4.39 Å². The molecule has 14 heavy (non-hydrogen) atoms. The number of aromatic amines is 1. The zero-order valence-corrected chi connectivity index (χ0v) is 7.83. The van der Waals surface area contributed by atoms with Gasteiger partial charge < -0.3 is 4.98 Å². The Morgan fingerprint density at radius 2 is 2.29 bits per heavy atom. The van der Waals surface area contributed by atoms with E-state index in [0.29, 0.717) is 0 Å². The molecule has 1 heterocycles. The second-order valence-corrected chi connectivity index (χ2v) is 3.36. The zero-order chi connectivity index (χ0) is 9.80. The monoisotopic (exact) mass is 191 g/mol. The highest BCUT2D eigenvalue weighted by Crippen LogP contribution is 2.23. The zero-order valence-electron chi connectivity index (χ0n) is 7.83. The number of H-pyrrole nitrogens is 1. The summed E-state index contributed by atoms with van der Waals surface area (Å²) in [6.45, 7) is 0. The van der Waals surface area contributed by atoms with Crippen molar-refractivity contribution in [2.24, 2.45) is 0 Å². The number of rotatable bonds is 3. The van der Waals surface area contributed by atoms with Crippen LogP contribution in [0, 0.1) is 5.92 Å². The van der Waals surface area contributed by atoms with E-state index in [1.807, 2.05) is 12.3 Å². The molecular formula is C11H12FN2. The fourth-order valence-electron chi connectivity index (χ4n) is 1.46. The van der Waals surface area contributed by atoms with Crippen molar-refractivity contribution >= 4 is 0 Å². The molecule has 0 amide bonds. The molecule has 1 aromatic heterocycles. The van der Waals surface area contributed by atoms with Crippen LogP contribution in [-0.2, 0) is 6.42 Å². The molecule has 0 fully saturated rings. The first kappa shape index (κ1) is 9.19. The van der Waals surface area contributed by atoms with Crippen molar-refractivity contribution in [1.29, 1.82) is 0 Å². The molecular weight excluding hydrogens is 179 g/mol. The Kier molecular flexibility index (Phi) is 2.77. The van der Waals surface area contributed by atoms with E-state index < -0.39 is 0 Å². The van der Waals surface area contributed by atoms with Crippen LogP contribution in [0.15, 0.2) is 36.6 Å². The maximum absolute atomic E-state index is 12.6. The predicted octanol–water partition coefficient (Wildman–Crippen LogP) is 2.73. The van der Waals surface area contributed by atoms with Crippen LogP contribution in [0.25, 0.3) is 0 Å². The average Bonchev–Trinajstić information content (AvgIpc) is 2.70. The summed E-state index contributed by atoms with van der Waals surface area (Å²) < 4.78 is 12.6. The van der Waals surface area contributed by atoms with Gasteiger partial charge in [0.1, 0.15) is 5.83 Å². The van der Waals surface area contributed by atoms with E-state index in [9.17, 15) is 4.39 Å². The molecule has 0 aliphatic heterocycles. The minimum atomic E-state index is -0.129. The lowest BCUT2D eigenvalue weighted by Gasteiger charge is -2.11. The van der Waals surface area contributed by atoms with E-state index in [4.69, 9.17) is 0 Å². The van der Waals surface area contributed by atoms with Gasteiger partial charge in [-0.05, 0) is 31.4 Å². The molecule has 73 valence electrons. The van der Waals surface area contributed by atoms with Crippen molar-refractivity contribution in [2.75, 3.05) is 0 Å². The Hall–Kier alpha value is -1.38. The van der Waals surface area contributed by atoms with Gasteiger partial charge in [-0.3, -0.25) is 0 Å². The third-order valence-corrected chi connectivity index (χ3v) is 2.31. The maximum Gasteiger partial charge on any atom is 0.118 e. The Balaban J connectivity index is 1.80. The summed E-state index contributed by atoms with van der Waals surface area (Å²) >= 11 is 0. The highest BCUT2D eigenvalue weighted by molar-refractivity contribution is 5.27. The molecule has 1 aliphatic rings. The lowest BCUT2D eigenvalue weighted by molar-refractivity contribution is 0.649. The molecule has 0 unspecified atom stereocenters. The van der Waals surface area contributed by atoms with Crippen molar-refractivity contribution in [3.05, 3.63) is 48.2 Å². The van der Waals surface area contributed by atoms with Crippen LogP contribution >= 0.6 is 0 Å². The first-order valence-corrected chi connectivity index (χ1v) is 4.70. The van der Waals surface area contributed by atoms with Crippen molar-refractivity contribution in [2.45, 2.75) is 19.3 Å². The molecule has 1 aromatic rings. The standard InChI is InChI=1S/C11H12FN2/c12-10-4-1-9(2-5-10)3-6-11-7-13-8-14-11/h1,4-5,7-8H,2-3,6H2,(H,13,14). The third-order valence-electron chi connectivity index (χ3n) is 2.31. The van der Waals surface area contributed by atoms with Gasteiger partial charge in [0.2, 0.25) is 0 Å². The molecule has 2 rings (SSSR count). The minimum Gasteiger partial charge on any atom is -0.348 e. The van der Waals surface area contributed by atoms with E-state index in [1.54, 1.807) is 12.4 Å². The van der Waals surface area contributed by atoms with Gasteiger partial charge in [-0.15, -0.1) is 0 Å². The molecule has 0 aromatic carbocycles. The molecule has 1 radical (unpaired) electrons. The molecule has 0 saturated carbocycles. The minimum absolute atomic E-state index is 0.129. The molecule has 0 spiro atoms. The lowest BCUT2D eigenvalue weighted by atomic mass is 9.95. The van der Waals surface area contributed by atoms with Crippen LogP contribution in [0.2, 0.25) is 0 Å². The molecule has 0 bridgehead atoms. The predicted molar refractivity (Wildman–Crippen MR) is 53.1 cm³/mol. The van der Waals surface area contributed by atoms with E-state index in [2.05, 4.69) is 9.97 Å². The fraction of sp³-hybridized carbons (Fsp3) is 0.273. The van der Waals surface area contributed by atoms with E-state index in [0.717, 1.165) is 25.0 Å². The lowest BCUT2D eigenvalue weighted by Crippen LogP contribution is -1.98. The Morgan fingerprint density at radius 1 is 1.36 bits per heavy atom. The largest absolute Gasteiger partial charge is 0.348 e. The van der Waals surface area contributed by atoms with Crippen LogP contribution in [0.1, 0.15) is 18.5 Å². The topological polar surface area (TPSA) is 28.7 Å². The summed E-state index contributed by atoms with van der Waals surface area (Å²) in [6, 6.07) is 0. The first-order chi connectivity index (χ1) is 6.84. The van der Waals surface area contributed by atoms with E-state index in [-0.39, 0.29) is 5.83 Å². The second kappa shape index (κ2) is 4.22. The maximum atomic E-state index is 12.6. The number of allylic oxidation sites excluding steroid dienone is 4. The van der Waals surface area contributed by atoms with Crippen molar-refractivity contribution in [3.8, 4) is 0 Å². The summed E-state index contributed by atoms with van der Waals surface area (Å²) in [5.74, 6) is 1.14. The number of hydrogen-bond donors (Lipinski definition) is 1. The third kappa shape index (κ3) is 2.31. The quantitative estimate of drug-likeness (QED) is 0.781. The number of halogens is 1. The molecule has 3 heteroatoms. The van der Waals surface area contributed by atoms with Crippen LogP contribution in [0.4, 0.5) is 4.39 Å². The SMILES string of the molecule is FC1=CC[C](CCc2cnc[nH]2)C=C1. The number of imidazole rings is 1. The van der Waals surface area contributed by atoms with Crippen molar-refractivity contribution in [3.63, 3.8) is 0 Å². The fourth-order valence-corrected chi connectivity index (χ4v) is 1.46. The Morgan fingerprint density at radius 3 is 2.93 bits per heavy atom. The van der Waals surface area contributed by atoms with Crippen molar-refractivity contribution in [1.82, 2.24) is 9.97 Å².